The number of likely N-dealkylation sites (tertiary alicyclic amines) is 1. The molecule has 0 saturated carbocycles. The third-order valence-corrected chi connectivity index (χ3v) is 7.45. The molecule has 3 aromatic rings. The molecule has 40 heavy (non-hydrogen) atoms. The average Bonchev–Trinajstić information content (AvgIpc) is 3.46. The van der Waals surface area contributed by atoms with Crippen LogP contribution in [-0.4, -0.2) is 75.5 Å². The average molecular weight is 548 g/mol. The normalized spacial score (nSPS) is 16.2. The lowest BCUT2D eigenvalue weighted by Gasteiger charge is -2.39. The van der Waals surface area contributed by atoms with Crippen LogP contribution in [-0.2, 0) is 30.8 Å². The molecule has 1 atom stereocenters. The zero-order chi connectivity index (χ0) is 27.9. The van der Waals surface area contributed by atoms with Crippen LogP contribution in [0.15, 0.2) is 53.5 Å². The Morgan fingerprint density at radius 1 is 1.23 bits per heavy atom. The summed E-state index contributed by atoms with van der Waals surface area (Å²) in [5, 5.41) is 13.5. The number of nitrogens with zero attached hydrogens (tertiary/aromatic N) is 4. The van der Waals surface area contributed by atoms with Gasteiger partial charge in [-0.15, -0.1) is 0 Å². The molecule has 4 heterocycles. The molecule has 0 unspecified atom stereocenters. The molecule has 5 rings (SSSR count). The van der Waals surface area contributed by atoms with Crippen molar-refractivity contribution >= 4 is 11.8 Å². The van der Waals surface area contributed by atoms with Crippen molar-refractivity contribution in [3.8, 4) is 5.75 Å². The van der Waals surface area contributed by atoms with E-state index in [1.54, 1.807) is 18.5 Å². The van der Waals surface area contributed by atoms with E-state index in [-0.39, 0.29) is 18.4 Å². The first kappa shape index (κ1) is 27.8. The zero-order valence-corrected chi connectivity index (χ0v) is 22.9. The molecule has 0 bridgehead atoms. The monoisotopic (exact) mass is 547 g/mol. The molecule has 2 amide bonds. The van der Waals surface area contributed by atoms with Crippen LogP contribution in [0.1, 0.15) is 52.7 Å². The Morgan fingerprint density at radius 3 is 2.90 bits per heavy atom. The Labute approximate surface area is 234 Å². The Kier molecular flexibility index (Phi) is 9.08. The summed E-state index contributed by atoms with van der Waals surface area (Å²) in [7, 11) is 0. The highest BCUT2D eigenvalue weighted by Gasteiger charge is 2.30. The van der Waals surface area contributed by atoms with E-state index in [0.29, 0.717) is 36.8 Å². The number of carbonyl (C=O) groups is 2. The van der Waals surface area contributed by atoms with Gasteiger partial charge in [-0.3, -0.25) is 19.5 Å². The number of rotatable bonds is 12. The van der Waals surface area contributed by atoms with Gasteiger partial charge in [-0.25, -0.2) is 4.98 Å². The molecule has 0 aliphatic carbocycles. The summed E-state index contributed by atoms with van der Waals surface area (Å²) in [6.07, 6.45) is 7.06. The van der Waals surface area contributed by atoms with Crippen molar-refractivity contribution in [1.29, 1.82) is 0 Å². The maximum Gasteiger partial charge on any atom is 0.251 e. The summed E-state index contributed by atoms with van der Waals surface area (Å²) in [5.41, 5.74) is 3.83. The van der Waals surface area contributed by atoms with Crippen molar-refractivity contribution in [1.82, 2.24) is 25.1 Å². The van der Waals surface area contributed by atoms with Gasteiger partial charge < -0.3 is 24.5 Å². The smallest absolute Gasteiger partial charge is 0.251 e. The minimum Gasteiger partial charge on any atom is -0.486 e. The fourth-order valence-corrected chi connectivity index (χ4v) is 5.28. The third kappa shape index (κ3) is 7.25. The minimum absolute atomic E-state index is 0.172. The number of oxazole rings is 1. The number of aromatic nitrogens is 2. The summed E-state index contributed by atoms with van der Waals surface area (Å²) in [6, 6.07) is 9.58. The number of fused-ring (bicyclic) bond motifs is 1. The highest BCUT2D eigenvalue weighted by molar-refractivity contribution is 5.94. The van der Waals surface area contributed by atoms with E-state index in [0.717, 1.165) is 56.9 Å². The Hall–Kier alpha value is -3.76. The van der Waals surface area contributed by atoms with Crippen molar-refractivity contribution in [3.63, 3.8) is 0 Å². The van der Waals surface area contributed by atoms with Crippen molar-refractivity contribution in [2.24, 2.45) is 5.92 Å². The fraction of sp³-hybridized carbons (Fsp3) is 0.467. The zero-order valence-electron chi connectivity index (χ0n) is 22.9. The first-order valence-corrected chi connectivity index (χ1v) is 14.0. The standard InChI is InChI=1S/C30H37N5O5/c1-2-3-29(37)35-15-21(16-35)10-25-11-23(6-8-32-25)30(38)33-13-26(36)18-34-9-7-22-12-27(5-4-24(22)17-34)39-19-28-14-31-20-40-28/h4-6,8,11-12,14,20-21,26,36H,2-3,7,9-10,13,15-19H2,1H3,(H,33,38)/t26-/m0/s1. The number of benzene rings is 1. The largest absolute Gasteiger partial charge is 0.486 e. The van der Waals surface area contributed by atoms with Gasteiger partial charge in [0.1, 0.15) is 12.4 Å². The molecule has 2 N–H and O–H groups in total. The molecular formula is C30H37N5O5. The molecule has 1 saturated heterocycles. The van der Waals surface area contributed by atoms with E-state index in [9.17, 15) is 14.7 Å². The van der Waals surface area contributed by atoms with Crippen molar-refractivity contribution in [2.75, 3.05) is 32.7 Å². The quantitative estimate of drug-likeness (QED) is 0.355. The lowest BCUT2D eigenvalue weighted by molar-refractivity contribution is -0.137. The maximum atomic E-state index is 12.8. The van der Waals surface area contributed by atoms with E-state index in [4.69, 9.17) is 9.15 Å². The summed E-state index contributed by atoms with van der Waals surface area (Å²) >= 11 is 0. The number of amides is 2. The molecule has 0 radical (unpaired) electrons. The lowest BCUT2D eigenvalue weighted by Crippen LogP contribution is -2.50. The predicted octanol–water partition coefficient (Wildman–Crippen LogP) is 2.60. The molecule has 10 heteroatoms. The van der Waals surface area contributed by atoms with E-state index in [2.05, 4.69) is 32.3 Å². The second-order valence-corrected chi connectivity index (χ2v) is 10.7. The molecule has 2 aromatic heterocycles. The minimum atomic E-state index is -0.682. The molecular weight excluding hydrogens is 510 g/mol. The van der Waals surface area contributed by atoms with Crippen LogP contribution in [0.4, 0.5) is 0 Å². The number of aliphatic hydroxyl groups is 1. The van der Waals surface area contributed by atoms with Crippen LogP contribution >= 0.6 is 0 Å². The number of carbonyl (C=O) groups excluding carboxylic acids is 2. The van der Waals surface area contributed by atoms with Crippen LogP contribution in [0.2, 0.25) is 0 Å². The van der Waals surface area contributed by atoms with E-state index >= 15 is 0 Å². The number of pyridine rings is 1. The molecule has 2 aliphatic rings. The first-order chi connectivity index (χ1) is 19.5. The van der Waals surface area contributed by atoms with Gasteiger partial charge in [0, 0.05) is 63.1 Å². The van der Waals surface area contributed by atoms with E-state index in [1.165, 1.54) is 17.5 Å². The van der Waals surface area contributed by atoms with Crippen LogP contribution in [0.25, 0.3) is 0 Å². The first-order valence-electron chi connectivity index (χ1n) is 14.0. The Balaban J connectivity index is 1.04. The lowest BCUT2D eigenvalue weighted by atomic mass is 9.93. The van der Waals surface area contributed by atoms with Gasteiger partial charge in [0.05, 0.1) is 12.3 Å². The van der Waals surface area contributed by atoms with Crippen LogP contribution in [0.3, 0.4) is 0 Å². The van der Waals surface area contributed by atoms with E-state index in [1.807, 2.05) is 24.0 Å². The molecule has 10 nitrogen and oxygen atoms in total. The summed E-state index contributed by atoms with van der Waals surface area (Å²) < 4.78 is 11.0. The number of hydrogen-bond acceptors (Lipinski definition) is 8. The second kappa shape index (κ2) is 13.1. The number of ether oxygens (including phenoxy) is 1. The van der Waals surface area contributed by atoms with Crippen LogP contribution < -0.4 is 10.1 Å². The van der Waals surface area contributed by atoms with Crippen LogP contribution in [0.5, 0.6) is 5.75 Å². The SMILES string of the molecule is CCCC(=O)N1CC(Cc2cc(C(=O)NC[C@H](O)CN3CCc4cc(OCc5cnco5)ccc4C3)ccn2)C1. The van der Waals surface area contributed by atoms with Gasteiger partial charge in [0.25, 0.3) is 5.91 Å². The molecule has 0 spiro atoms. The van der Waals surface area contributed by atoms with Gasteiger partial charge in [-0.1, -0.05) is 13.0 Å². The second-order valence-electron chi connectivity index (χ2n) is 10.7. The topological polar surface area (TPSA) is 121 Å². The van der Waals surface area contributed by atoms with Gasteiger partial charge in [0.15, 0.2) is 12.2 Å². The fourth-order valence-electron chi connectivity index (χ4n) is 5.28. The van der Waals surface area contributed by atoms with Crippen LogP contribution in [0, 0.1) is 5.92 Å². The number of hydrogen-bond donors (Lipinski definition) is 2. The molecule has 212 valence electrons. The van der Waals surface area contributed by atoms with Gasteiger partial charge in [0.2, 0.25) is 5.91 Å². The summed E-state index contributed by atoms with van der Waals surface area (Å²) in [4.78, 5) is 37.1. The summed E-state index contributed by atoms with van der Waals surface area (Å²) in [5.74, 6) is 1.84. The predicted molar refractivity (Wildman–Crippen MR) is 148 cm³/mol. The van der Waals surface area contributed by atoms with Crippen molar-refractivity contribution in [3.05, 3.63) is 77.3 Å². The van der Waals surface area contributed by atoms with Gasteiger partial charge >= 0.3 is 0 Å². The highest BCUT2D eigenvalue weighted by Crippen LogP contribution is 2.25. The molecule has 1 aromatic carbocycles. The van der Waals surface area contributed by atoms with Gasteiger partial charge in [-0.2, -0.15) is 0 Å². The van der Waals surface area contributed by atoms with Crippen molar-refractivity contribution < 1.29 is 23.8 Å². The summed E-state index contributed by atoms with van der Waals surface area (Å²) in [6.45, 7) is 6.05. The third-order valence-electron chi connectivity index (χ3n) is 7.45. The maximum absolute atomic E-state index is 12.8. The Bertz CT molecular complexity index is 1290. The highest BCUT2D eigenvalue weighted by atomic mass is 16.5. The van der Waals surface area contributed by atoms with E-state index < -0.39 is 6.10 Å². The number of β-amino-alcohol motifs (C(OH)–C–C–N with tert-alkyl or cyclic N) is 1. The molecule has 1 fully saturated rings. The Morgan fingerprint density at radius 2 is 2.10 bits per heavy atom. The van der Waals surface area contributed by atoms with Gasteiger partial charge in [-0.05, 0) is 60.6 Å². The van der Waals surface area contributed by atoms with Crippen molar-refractivity contribution in [2.45, 2.75) is 51.9 Å². The molecule has 2 aliphatic heterocycles. The number of aliphatic hydroxyl groups excluding tert-OH is 1. The number of nitrogens with one attached hydrogen (secondary N) is 1.